The lowest BCUT2D eigenvalue weighted by molar-refractivity contribution is 0.0990. The Labute approximate surface area is 100 Å². The Hall–Kier alpha value is -1.27. The number of fused-ring (bicyclic) bond motifs is 1. The number of hydrogen-bond donors (Lipinski definition) is 2. The van der Waals surface area contributed by atoms with Gasteiger partial charge in [0.1, 0.15) is 10.2 Å². The number of nitrogens with one attached hydrogen (secondary N) is 1. The van der Waals surface area contributed by atoms with E-state index in [1.54, 1.807) is 7.05 Å². The van der Waals surface area contributed by atoms with Crippen molar-refractivity contribution >= 4 is 21.7 Å². The Morgan fingerprint density at radius 3 is 3.06 bits per heavy atom. The van der Waals surface area contributed by atoms with E-state index in [-0.39, 0.29) is 30.4 Å². The lowest BCUT2D eigenvalue weighted by atomic mass is 10.1. The van der Waals surface area contributed by atoms with E-state index in [4.69, 9.17) is 9.47 Å². The molecule has 0 bridgehead atoms. The Balaban J connectivity index is 2.47. The van der Waals surface area contributed by atoms with Crippen molar-refractivity contribution in [2.75, 3.05) is 20.4 Å². The van der Waals surface area contributed by atoms with Gasteiger partial charge < -0.3 is 19.9 Å². The molecule has 0 radical (unpaired) electrons. The van der Waals surface area contributed by atoms with Crippen molar-refractivity contribution in [2.24, 2.45) is 0 Å². The van der Waals surface area contributed by atoms with Gasteiger partial charge in [-0.2, -0.15) is 0 Å². The van der Waals surface area contributed by atoms with Gasteiger partial charge in [0.2, 0.25) is 6.79 Å². The third-order valence-corrected chi connectivity index (χ3v) is 2.95. The zero-order chi connectivity index (χ0) is 11.7. The van der Waals surface area contributed by atoms with Crippen molar-refractivity contribution in [1.82, 2.24) is 5.32 Å². The van der Waals surface area contributed by atoms with Gasteiger partial charge in [0.05, 0.1) is 12.1 Å². The first kappa shape index (κ1) is 11.2. The lowest BCUT2D eigenvalue weighted by Gasteiger charge is -2.07. The fourth-order valence-electron chi connectivity index (χ4n) is 1.46. The van der Waals surface area contributed by atoms with E-state index in [1.165, 1.54) is 6.07 Å². The average molecular weight is 288 g/mol. The molecule has 0 aliphatic carbocycles. The highest BCUT2D eigenvalue weighted by molar-refractivity contribution is 9.10. The standard InChI is InChI=1S/C10H10BrNO4/c1-12-3-6(13)5-2-7-10(16-4-15-7)8(11)9(5)14/h2,12,14H,3-4H2,1H3. The predicted octanol–water partition coefficient (Wildman–Crippen LogP) is 1.29. The molecule has 0 spiro atoms. The summed E-state index contributed by atoms with van der Waals surface area (Å²) in [6, 6.07) is 1.49. The second-order valence-electron chi connectivity index (χ2n) is 3.27. The number of ketones is 1. The van der Waals surface area contributed by atoms with Crippen molar-refractivity contribution in [2.45, 2.75) is 0 Å². The van der Waals surface area contributed by atoms with Crippen LogP contribution in [0.3, 0.4) is 0 Å². The molecule has 1 aromatic carbocycles. The molecule has 0 unspecified atom stereocenters. The van der Waals surface area contributed by atoms with E-state index < -0.39 is 0 Å². The molecule has 0 saturated heterocycles. The maximum atomic E-state index is 11.7. The first-order valence-corrected chi connectivity index (χ1v) is 5.43. The van der Waals surface area contributed by atoms with Crippen LogP contribution in [0.5, 0.6) is 17.2 Å². The van der Waals surface area contributed by atoms with Crippen molar-refractivity contribution in [1.29, 1.82) is 0 Å². The van der Waals surface area contributed by atoms with Gasteiger partial charge in [-0.15, -0.1) is 0 Å². The number of benzene rings is 1. The van der Waals surface area contributed by atoms with Crippen LogP contribution in [0.1, 0.15) is 10.4 Å². The third-order valence-electron chi connectivity index (χ3n) is 2.22. The number of likely N-dealkylation sites (N-methyl/N-ethyl adjacent to an activating group) is 1. The minimum atomic E-state index is -0.209. The van der Waals surface area contributed by atoms with Gasteiger partial charge in [-0.05, 0) is 29.0 Å². The van der Waals surface area contributed by atoms with Gasteiger partial charge in [0.15, 0.2) is 17.3 Å². The predicted molar refractivity (Wildman–Crippen MR) is 60.2 cm³/mol. The first-order valence-electron chi connectivity index (χ1n) is 4.64. The number of halogens is 1. The summed E-state index contributed by atoms with van der Waals surface area (Å²) in [5.41, 5.74) is 0.213. The zero-order valence-electron chi connectivity index (χ0n) is 8.54. The largest absolute Gasteiger partial charge is 0.506 e. The Morgan fingerprint density at radius 1 is 1.62 bits per heavy atom. The van der Waals surface area contributed by atoms with E-state index in [0.717, 1.165) is 0 Å². The second-order valence-corrected chi connectivity index (χ2v) is 4.07. The molecule has 1 heterocycles. The molecule has 2 N–H and O–H groups in total. The summed E-state index contributed by atoms with van der Waals surface area (Å²) in [6.07, 6.45) is 0. The van der Waals surface area contributed by atoms with Crippen LogP contribution in [0.15, 0.2) is 10.5 Å². The van der Waals surface area contributed by atoms with Gasteiger partial charge in [-0.3, -0.25) is 4.79 Å². The molecule has 2 rings (SSSR count). The minimum absolute atomic E-state index is 0.0943. The second kappa shape index (κ2) is 4.31. The molecule has 1 aromatic rings. The number of carbonyl (C=O) groups excluding carboxylic acids is 1. The Morgan fingerprint density at radius 2 is 2.38 bits per heavy atom. The Bertz CT molecular complexity index is 447. The van der Waals surface area contributed by atoms with Crippen LogP contribution in [0.2, 0.25) is 0 Å². The maximum absolute atomic E-state index is 11.7. The number of Topliss-reactive ketones (excluding diaryl/α,β-unsaturated/α-hetero) is 1. The minimum Gasteiger partial charge on any atom is -0.506 e. The van der Waals surface area contributed by atoms with Crippen LogP contribution < -0.4 is 14.8 Å². The highest BCUT2D eigenvalue weighted by Gasteiger charge is 2.25. The van der Waals surface area contributed by atoms with E-state index in [0.29, 0.717) is 16.0 Å². The SMILES string of the molecule is CNCC(=O)c1cc2c(c(Br)c1O)OCO2. The zero-order valence-corrected chi connectivity index (χ0v) is 10.1. The van der Waals surface area contributed by atoms with Gasteiger partial charge >= 0.3 is 0 Å². The summed E-state index contributed by atoms with van der Waals surface area (Å²) in [5.74, 6) is 0.561. The molecule has 86 valence electrons. The lowest BCUT2D eigenvalue weighted by Crippen LogP contribution is -2.18. The number of aromatic hydroxyl groups is 1. The molecule has 1 aliphatic heterocycles. The smallest absolute Gasteiger partial charge is 0.231 e. The molecular formula is C10H10BrNO4. The molecule has 1 aliphatic rings. The van der Waals surface area contributed by atoms with Gasteiger partial charge in [-0.1, -0.05) is 0 Å². The number of phenolic OH excluding ortho intramolecular Hbond substituents is 1. The fourth-order valence-corrected chi connectivity index (χ4v) is 1.98. The van der Waals surface area contributed by atoms with Crippen LogP contribution in [-0.4, -0.2) is 31.3 Å². The number of phenols is 1. The number of ether oxygens (including phenoxy) is 2. The quantitative estimate of drug-likeness (QED) is 0.820. The topological polar surface area (TPSA) is 67.8 Å². The Kier molecular flexibility index (Phi) is 3.02. The molecule has 0 fully saturated rings. The van der Waals surface area contributed by atoms with Crippen LogP contribution in [-0.2, 0) is 0 Å². The molecule has 0 amide bonds. The summed E-state index contributed by atoms with van der Waals surface area (Å²) in [6.45, 7) is 0.247. The van der Waals surface area contributed by atoms with Gasteiger partial charge in [-0.25, -0.2) is 0 Å². The average Bonchev–Trinajstić information content (AvgIpc) is 2.71. The molecule has 5 nitrogen and oxygen atoms in total. The van der Waals surface area contributed by atoms with Crippen LogP contribution >= 0.6 is 15.9 Å². The van der Waals surface area contributed by atoms with E-state index in [2.05, 4.69) is 21.2 Å². The monoisotopic (exact) mass is 287 g/mol. The van der Waals surface area contributed by atoms with Crippen molar-refractivity contribution in [3.8, 4) is 17.2 Å². The molecular weight excluding hydrogens is 278 g/mol. The number of carbonyl (C=O) groups is 1. The number of hydrogen-bond acceptors (Lipinski definition) is 5. The summed E-state index contributed by atoms with van der Waals surface area (Å²) in [4.78, 5) is 11.7. The van der Waals surface area contributed by atoms with Crippen molar-refractivity contribution < 1.29 is 19.4 Å². The van der Waals surface area contributed by atoms with Crippen LogP contribution in [0.25, 0.3) is 0 Å². The summed E-state index contributed by atoms with van der Waals surface area (Å²) < 4.78 is 10.7. The summed E-state index contributed by atoms with van der Waals surface area (Å²) in [7, 11) is 1.66. The third kappa shape index (κ3) is 1.74. The van der Waals surface area contributed by atoms with Crippen LogP contribution in [0.4, 0.5) is 0 Å². The van der Waals surface area contributed by atoms with Crippen molar-refractivity contribution in [3.63, 3.8) is 0 Å². The fraction of sp³-hybridized carbons (Fsp3) is 0.300. The van der Waals surface area contributed by atoms with E-state index >= 15 is 0 Å². The van der Waals surface area contributed by atoms with Crippen LogP contribution in [0, 0.1) is 0 Å². The molecule has 0 aromatic heterocycles. The van der Waals surface area contributed by atoms with Gasteiger partial charge in [0.25, 0.3) is 0 Å². The molecule has 16 heavy (non-hydrogen) atoms. The highest BCUT2D eigenvalue weighted by Crippen LogP contribution is 2.46. The molecule has 6 heteroatoms. The summed E-state index contributed by atoms with van der Waals surface area (Å²) >= 11 is 3.17. The van der Waals surface area contributed by atoms with Gasteiger partial charge in [0, 0.05) is 0 Å². The maximum Gasteiger partial charge on any atom is 0.231 e. The normalized spacial score (nSPS) is 12.9. The first-order chi connectivity index (χ1) is 7.65. The number of rotatable bonds is 3. The highest BCUT2D eigenvalue weighted by atomic mass is 79.9. The molecule has 0 saturated carbocycles. The van der Waals surface area contributed by atoms with E-state index in [1.807, 2.05) is 0 Å². The molecule has 0 atom stereocenters. The van der Waals surface area contributed by atoms with E-state index in [9.17, 15) is 9.90 Å². The van der Waals surface area contributed by atoms with Crippen molar-refractivity contribution in [3.05, 3.63) is 16.1 Å². The summed E-state index contributed by atoms with van der Waals surface area (Å²) in [5, 5.41) is 12.6.